The van der Waals surface area contributed by atoms with Crippen LogP contribution in [0.5, 0.6) is 0 Å². The fourth-order valence-corrected chi connectivity index (χ4v) is 2.65. The molecule has 0 spiro atoms. The van der Waals surface area contributed by atoms with E-state index in [1.807, 2.05) is 13.8 Å². The Labute approximate surface area is 135 Å². The van der Waals surface area contributed by atoms with Crippen molar-refractivity contribution in [3.8, 4) is 0 Å². The van der Waals surface area contributed by atoms with Gasteiger partial charge in [0.2, 0.25) is 0 Å². The van der Waals surface area contributed by atoms with Crippen LogP contribution in [0.1, 0.15) is 79.1 Å². The van der Waals surface area contributed by atoms with Gasteiger partial charge in [0.05, 0.1) is 11.5 Å². The lowest BCUT2D eigenvalue weighted by Gasteiger charge is -2.22. The van der Waals surface area contributed by atoms with Crippen molar-refractivity contribution in [2.45, 2.75) is 84.6 Å². The number of hydrogen-bond donors (Lipinski definition) is 1. The van der Waals surface area contributed by atoms with Crippen LogP contribution in [0.25, 0.3) is 0 Å². The molecule has 0 radical (unpaired) electrons. The van der Waals surface area contributed by atoms with Crippen molar-refractivity contribution in [3.05, 3.63) is 17.1 Å². The predicted octanol–water partition coefficient (Wildman–Crippen LogP) is 5.57. The van der Waals surface area contributed by atoms with Crippen molar-refractivity contribution < 1.29 is 9.90 Å². The lowest BCUT2D eigenvalue weighted by Crippen LogP contribution is -2.22. The van der Waals surface area contributed by atoms with E-state index in [-0.39, 0.29) is 5.92 Å². The summed E-state index contributed by atoms with van der Waals surface area (Å²) in [5, 5.41) is 12.2. The lowest BCUT2D eigenvalue weighted by atomic mass is 9.87. The van der Waals surface area contributed by atoms with Crippen molar-refractivity contribution >= 4 is 5.97 Å². The van der Waals surface area contributed by atoms with Crippen LogP contribution >= 0.6 is 0 Å². The standard InChI is InChI=1S/C18H33NO3/c1-5-6-7-10-15(2)11-8-13-18(4,19-22)14-9-12-16(3)17(20)21/h5-6,15-16H,7-14H2,1-4H3,(H,20,21)/b6-5-. The Balaban J connectivity index is 4.01. The Morgan fingerprint density at radius 1 is 1.18 bits per heavy atom. The molecule has 4 heteroatoms. The maximum absolute atomic E-state index is 11.1. The average Bonchev–Trinajstić information content (AvgIpc) is 2.47. The first-order valence-electron chi connectivity index (χ1n) is 8.53. The number of carboxylic acids is 1. The van der Waals surface area contributed by atoms with Crippen LogP contribution < -0.4 is 0 Å². The zero-order chi connectivity index (χ0) is 17.0. The molecule has 128 valence electrons. The summed E-state index contributed by atoms with van der Waals surface area (Å²) >= 11 is 0. The van der Waals surface area contributed by atoms with Crippen molar-refractivity contribution in [1.29, 1.82) is 0 Å². The number of aliphatic carboxylic acids is 1. The van der Waals surface area contributed by atoms with Crippen LogP contribution in [0.15, 0.2) is 17.3 Å². The molecule has 3 unspecified atom stereocenters. The molecule has 3 atom stereocenters. The molecule has 0 aliphatic heterocycles. The number of nitrogens with zero attached hydrogens (tertiary/aromatic N) is 1. The molecule has 0 heterocycles. The van der Waals surface area contributed by atoms with E-state index >= 15 is 0 Å². The molecular weight excluding hydrogens is 278 g/mol. The van der Waals surface area contributed by atoms with Gasteiger partial charge < -0.3 is 5.11 Å². The van der Waals surface area contributed by atoms with Gasteiger partial charge in [0.1, 0.15) is 0 Å². The normalized spacial score (nSPS) is 17.1. The quantitative estimate of drug-likeness (QED) is 0.357. The molecule has 22 heavy (non-hydrogen) atoms. The second-order valence-electron chi connectivity index (χ2n) is 6.86. The minimum absolute atomic E-state index is 0.345. The number of carbonyl (C=O) groups is 1. The van der Waals surface area contributed by atoms with Crippen molar-refractivity contribution in [2.24, 2.45) is 17.0 Å². The topological polar surface area (TPSA) is 66.7 Å². The van der Waals surface area contributed by atoms with E-state index in [1.54, 1.807) is 6.92 Å². The Bertz CT molecular complexity index is 354. The summed E-state index contributed by atoms with van der Waals surface area (Å²) in [7, 11) is 0. The second-order valence-corrected chi connectivity index (χ2v) is 6.86. The largest absolute Gasteiger partial charge is 0.481 e. The van der Waals surface area contributed by atoms with Gasteiger partial charge in [-0.3, -0.25) is 4.79 Å². The number of carboxylic acid groups (broad SMARTS) is 1. The third-order valence-corrected chi connectivity index (χ3v) is 4.47. The Hall–Kier alpha value is -1.19. The number of hydrogen-bond acceptors (Lipinski definition) is 3. The summed E-state index contributed by atoms with van der Waals surface area (Å²) < 4.78 is 0. The van der Waals surface area contributed by atoms with Gasteiger partial charge in [-0.25, -0.2) is 0 Å². The van der Waals surface area contributed by atoms with Crippen LogP contribution in [0.3, 0.4) is 0 Å². The number of rotatable bonds is 13. The van der Waals surface area contributed by atoms with E-state index in [0.29, 0.717) is 18.8 Å². The van der Waals surface area contributed by atoms with E-state index in [9.17, 15) is 9.70 Å². The molecular formula is C18H33NO3. The molecule has 0 aromatic rings. The van der Waals surface area contributed by atoms with Gasteiger partial charge in [0.25, 0.3) is 0 Å². The zero-order valence-corrected chi connectivity index (χ0v) is 14.7. The maximum Gasteiger partial charge on any atom is 0.306 e. The molecule has 0 aromatic carbocycles. The fourth-order valence-electron chi connectivity index (χ4n) is 2.65. The third-order valence-electron chi connectivity index (χ3n) is 4.47. The van der Waals surface area contributed by atoms with E-state index in [1.165, 1.54) is 6.42 Å². The predicted molar refractivity (Wildman–Crippen MR) is 91.9 cm³/mol. The highest BCUT2D eigenvalue weighted by Gasteiger charge is 2.25. The molecule has 0 fully saturated rings. The van der Waals surface area contributed by atoms with Gasteiger partial charge in [-0.2, -0.15) is 4.91 Å². The monoisotopic (exact) mass is 311 g/mol. The van der Waals surface area contributed by atoms with Gasteiger partial charge in [-0.1, -0.05) is 50.4 Å². The Kier molecular flexibility index (Phi) is 10.8. The molecule has 0 saturated heterocycles. The summed E-state index contributed by atoms with van der Waals surface area (Å²) in [5.41, 5.74) is -0.540. The SMILES string of the molecule is C/C=C\CCC(C)CCCC(C)(CCCC(C)C(=O)O)N=O. The van der Waals surface area contributed by atoms with E-state index < -0.39 is 11.5 Å². The van der Waals surface area contributed by atoms with Crippen molar-refractivity contribution in [3.63, 3.8) is 0 Å². The van der Waals surface area contributed by atoms with E-state index in [0.717, 1.165) is 32.1 Å². The smallest absolute Gasteiger partial charge is 0.306 e. The summed E-state index contributed by atoms with van der Waals surface area (Å²) in [5.74, 6) is -0.447. The molecule has 4 nitrogen and oxygen atoms in total. The molecule has 0 aromatic heterocycles. The molecule has 0 amide bonds. The van der Waals surface area contributed by atoms with Crippen LogP contribution in [0.4, 0.5) is 0 Å². The van der Waals surface area contributed by atoms with Gasteiger partial charge in [0.15, 0.2) is 0 Å². The lowest BCUT2D eigenvalue weighted by molar-refractivity contribution is -0.141. The molecule has 0 aliphatic rings. The molecule has 0 rings (SSSR count). The van der Waals surface area contributed by atoms with Gasteiger partial charge >= 0.3 is 5.97 Å². The van der Waals surface area contributed by atoms with Crippen molar-refractivity contribution in [1.82, 2.24) is 0 Å². The van der Waals surface area contributed by atoms with Crippen LogP contribution in [-0.4, -0.2) is 16.6 Å². The van der Waals surface area contributed by atoms with E-state index in [4.69, 9.17) is 5.11 Å². The first kappa shape index (κ1) is 20.8. The Morgan fingerprint density at radius 2 is 1.77 bits per heavy atom. The van der Waals surface area contributed by atoms with E-state index in [2.05, 4.69) is 24.3 Å². The summed E-state index contributed by atoms with van der Waals surface area (Å²) in [6, 6.07) is 0. The minimum atomic E-state index is -0.768. The number of allylic oxidation sites excluding steroid dienone is 2. The maximum atomic E-state index is 11.1. The van der Waals surface area contributed by atoms with Gasteiger partial charge in [0, 0.05) is 0 Å². The molecule has 0 bridgehead atoms. The minimum Gasteiger partial charge on any atom is -0.481 e. The molecule has 1 N–H and O–H groups in total. The summed E-state index contributed by atoms with van der Waals surface area (Å²) in [4.78, 5) is 21.9. The number of nitroso groups, excluding NO2 is 1. The fraction of sp³-hybridized carbons (Fsp3) is 0.833. The van der Waals surface area contributed by atoms with Crippen LogP contribution in [0.2, 0.25) is 0 Å². The molecule has 0 saturated carbocycles. The third kappa shape index (κ3) is 9.69. The summed E-state index contributed by atoms with van der Waals surface area (Å²) in [6.07, 6.45) is 11.5. The van der Waals surface area contributed by atoms with Gasteiger partial charge in [-0.15, -0.1) is 0 Å². The highest BCUT2D eigenvalue weighted by atomic mass is 16.4. The van der Waals surface area contributed by atoms with Crippen LogP contribution in [0, 0.1) is 16.7 Å². The molecule has 0 aliphatic carbocycles. The van der Waals surface area contributed by atoms with Crippen LogP contribution in [-0.2, 0) is 4.79 Å². The first-order valence-corrected chi connectivity index (χ1v) is 8.53. The summed E-state index contributed by atoms with van der Waals surface area (Å²) in [6.45, 7) is 7.90. The first-order chi connectivity index (χ1) is 10.3. The zero-order valence-electron chi connectivity index (χ0n) is 14.7. The highest BCUT2D eigenvalue weighted by molar-refractivity contribution is 5.69. The average molecular weight is 311 g/mol. The van der Waals surface area contributed by atoms with Crippen molar-refractivity contribution in [2.75, 3.05) is 0 Å². The highest BCUT2D eigenvalue weighted by Crippen LogP contribution is 2.27. The Morgan fingerprint density at radius 3 is 2.27 bits per heavy atom. The van der Waals surface area contributed by atoms with Gasteiger partial charge in [-0.05, 0) is 51.9 Å². The second kappa shape index (κ2) is 11.4.